The van der Waals surface area contributed by atoms with Gasteiger partial charge in [0, 0.05) is 12.4 Å². The zero-order valence-corrected chi connectivity index (χ0v) is 12.6. The fraction of sp³-hybridized carbons (Fsp3) is 0.316. The van der Waals surface area contributed by atoms with E-state index in [1.54, 1.807) is 0 Å². The van der Waals surface area contributed by atoms with E-state index in [9.17, 15) is 0 Å². The number of hydrogen-bond acceptors (Lipinski definition) is 1. The molecule has 0 saturated heterocycles. The summed E-state index contributed by atoms with van der Waals surface area (Å²) in [6.07, 6.45) is 6.80. The summed E-state index contributed by atoms with van der Waals surface area (Å²) in [6.45, 7) is 4.38. The fourth-order valence-corrected chi connectivity index (χ4v) is 3.44. The number of nitrogens with zero attached hydrogens (tertiary/aromatic N) is 2. The van der Waals surface area contributed by atoms with Crippen LogP contribution >= 0.6 is 0 Å². The summed E-state index contributed by atoms with van der Waals surface area (Å²) in [7, 11) is 0. The van der Waals surface area contributed by atoms with Gasteiger partial charge in [-0.15, -0.1) is 0 Å². The van der Waals surface area contributed by atoms with Crippen LogP contribution in [-0.2, 0) is 0 Å². The molecule has 0 bridgehead atoms. The van der Waals surface area contributed by atoms with E-state index in [0.29, 0.717) is 6.04 Å². The minimum Gasteiger partial charge on any atom is -0.338 e. The third kappa shape index (κ3) is 2.06. The van der Waals surface area contributed by atoms with E-state index < -0.39 is 0 Å². The number of pyridine rings is 1. The molecule has 1 aliphatic carbocycles. The topological polar surface area (TPSA) is 17.8 Å². The van der Waals surface area contributed by atoms with Gasteiger partial charge in [-0.25, -0.2) is 0 Å². The predicted molar refractivity (Wildman–Crippen MR) is 86.5 cm³/mol. The van der Waals surface area contributed by atoms with Crippen LogP contribution in [0.15, 0.2) is 48.8 Å². The number of rotatable bonds is 3. The Hall–Kier alpha value is -2.09. The third-order valence-electron chi connectivity index (χ3n) is 4.64. The molecule has 4 rings (SSSR count). The first-order valence-electron chi connectivity index (χ1n) is 7.73. The molecule has 0 amide bonds. The van der Waals surface area contributed by atoms with Crippen LogP contribution in [0.2, 0.25) is 0 Å². The highest BCUT2D eigenvalue weighted by atomic mass is 15.0. The molecule has 2 nitrogen and oxygen atoms in total. The molecule has 1 aromatic carbocycles. The summed E-state index contributed by atoms with van der Waals surface area (Å²) >= 11 is 0. The van der Waals surface area contributed by atoms with Gasteiger partial charge in [-0.05, 0) is 61.3 Å². The highest BCUT2D eigenvalue weighted by Gasteiger charge is 2.35. The lowest BCUT2D eigenvalue weighted by molar-refractivity contribution is 0.519. The van der Waals surface area contributed by atoms with Gasteiger partial charge in [0.1, 0.15) is 0 Å². The average molecular weight is 276 g/mol. The number of fused-ring (bicyclic) bond motifs is 1. The van der Waals surface area contributed by atoms with Gasteiger partial charge in [0.25, 0.3) is 0 Å². The van der Waals surface area contributed by atoms with Crippen molar-refractivity contribution in [3.8, 4) is 0 Å². The maximum absolute atomic E-state index is 4.71. The standard InChI is InChI=1S/C19H20N2/c1-13-6-4-11-20-17(13)19(16-8-9-16)21-12-10-15-7-3-5-14(2)18(15)21/h3-7,10-12,16,19H,8-9H2,1-2H3/t19-/m0/s1. The molecule has 1 atom stereocenters. The number of hydrogen-bond donors (Lipinski definition) is 0. The van der Waals surface area contributed by atoms with Crippen LogP contribution in [0.1, 0.15) is 35.7 Å². The van der Waals surface area contributed by atoms with Crippen molar-refractivity contribution < 1.29 is 0 Å². The van der Waals surface area contributed by atoms with E-state index >= 15 is 0 Å². The molecule has 2 heteroatoms. The molecule has 0 N–H and O–H groups in total. The molecule has 3 aromatic rings. The molecule has 0 unspecified atom stereocenters. The van der Waals surface area contributed by atoms with Crippen molar-refractivity contribution in [1.82, 2.24) is 9.55 Å². The van der Waals surface area contributed by atoms with Gasteiger partial charge in [-0.3, -0.25) is 4.98 Å². The quantitative estimate of drug-likeness (QED) is 0.680. The van der Waals surface area contributed by atoms with Crippen LogP contribution < -0.4 is 0 Å². The van der Waals surface area contributed by atoms with Gasteiger partial charge in [0.15, 0.2) is 0 Å². The summed E-state index contributed by atoms with van der Waals surface area (Å²) in [5, 5.41) is 1.33. The summed E-state index contributed by atoms with van der Waals surface area (Å²) in [5.74, 6) is 0.730. The maximum Gasteiger partial charge on any atom is 0.0788 e. The Bertz CT molecular complexity index is 796. The maximum atomic E-state index is 4.71. The molecule has 1 saturated carbocycles. The normalized spacial score (nSPS) is 16.3. The van der Waals surface area contributed by atoms with E-state index in [-0.39, 0.29) is 0 Å². The molecule has 106 valence electrons. The third-order valence-corrected chi connectivity index (χ3v) is 4.64. The van der Waals surface area contributed by atoms with Gasteiger partial charge >= 0.3 is 0 Å². The van der Waals surface area contributed by atoms with Crippen LogP contribution in [0, 0.1) is 19.8 Å². The molecular formula is C19H20N2. The van der Waals surface area contributed by atoms with Crippen LogP contribution in [0.25, 0.3) is 10.9 Å². The Kier molecular flexibility index (Phi) is 2.85. The second-order valence-corrected chi connectivity index (χ2v) is 6.22. The molecule has 21 heavy (non-hydrogen) atoms. The van der Waals surface area contributed by atoms with Gasteiger partial charge in [0.2, 0.25) is 0 Å². The number of aryl methyl sites for hydroxylation is 2. The Labute approximate surface area is 125 Å². The minimum absolute atomic E-state index is 0.379. The van der Waals surface area contributed by atoms with Crippen molar-refractivity contribution in [3.63, 3.8) is 0 Å². The summed E-state index contributed by atoms with van der Waals surface area (Å²) < 4.78 is 2.46. The monoisotopic (exact) mass is 276 g/mol. The average Bonchev–Trinajstić information content (AvgIpc) is 3.22. The second kappa shape index (κ2) is 4.73. The fourth-order valence-electron chi connectivity index (χ4n) is 3.44. The first-order chi connectivity index (χ1) is 10.3. The molecule has 0 spiro atoms. The minimum atomic E-state index is 0.379. The lowest BCUT2D eigenvalue weighted by Gasteiger charge is -2.22. The molecule has 2 heterocycles. The smallest absolute Gasteiger partial charge is 0.0788 e. The molecule has 1 fully saturated rings. The Balaban J connectivity index is 1.93. The Morgan fingerprint density at radius 3 is 2.62 bits per heavy atom. The summed E-state index contributed by atoms with van der Waals surface area (Å²) in [4.78, 5) is 4.71. The van der Waals surface area contributed by atoms with Crippen LogP contribution in [0.4, 0.5) is 0 Å². The second-order valence-electron chi connectivity index (χ2n) is 6.22. The number of aromatic nitrogens is 2. The molecule has 1 aliphatic rings. The van der Waals surface area contributed by atoms with Gasteiger partial charge in [-0.2, -0.15) is 0 Å². The van der Waals surface area contributed by atoms with Gasteiger partial charge in [0.05, 0.1) is 17.3 Å². The molecular weight excluding hydrogens is 256 g/mol. The van der Waals surface area contributed by atoms with Crippen LogP contribution in [0.3, 0.4) is 0 Å². The summed E-state index contributed by atoms with van der Waals surface area (Å²) in [5.41, 5.74) is 5.24. The van der Waals surface area contributed by atoms with Crippen molar-refractivity contribution in [2.75, 3.05) is 0 Å². The highest BCUT2D eigenvalue weighted by Crippen LogP contribution is 2.45. The SMILES string of the molecule is Cc1cccnc1[C@H](C1CC1)n1ccc2cccc(C)c21. The number of para-hydroxylation sites is 1. The summed E-state index contributed by atoms with van der Waals surface area (Å²) in [6, 6.07) is 13.4. The van der Waals surface area contributed by atoms with Crippen LogP contribution in [0.5, 0.6) is 0 Å². The van der Waals surface area contributed by atoms with E-state index in [4.69, 9.17) is 4.98 Å². The zero-order chi connectivity index (χ0) is 14.4. The first kappa shape index (κ1) is 12.6. The predicted octanol–water partition coefficient (Wildman–Crippen LogP) is 4.65. The van der Waals surface area contributed by atoms with Crippen LogP contribution in [-0.4, -0.2) is 9.55 Å². The Morgan fingerprint density at radius 1 is 1.05 bits per heavy atom. The zero-order valence-electron chi connectivity index (χ0n) is 12.6. The largest absolute Gasteiger partial charge is 0.338 e. The van der Waals surface area contributed by atoms with Crippen molar-refractivity contribution >= 4 is 10.9 Å². The van der Waals surface area contributed by atoms with E-state index in [1.165, 1.54) is 40.6 Å². The van der Waals surface area contributed by atoms with E-state index in [2.05, 4.69) is 54.9 Å². The van der Waals surface area contributed by atoms with Crippen molar-refractivity contribution in [2.24, 2.45) is 5.92 Å². The first-order valence-corrected chi connectivity index (χ1v) is 7.73. The van der Waals surface area contributed by atoms with Crippen molar-refractivity contribution in [3.05, 3.63) is 65.6 Å². The molecule has 0 radical (unpaired) electrons. The molecule has 2 aromatic heterocycles. The number of benzene rings is 1. The lowest BCUT2D eigenvalue weighted by atomic mass is 10.0. The Morgan fingerprint density at radius 2 is 1.86 bits per heavy atom. The van der Waals surface area contributed by atoms with E-state index in [0.717, 1.165) is 5.92 Å². The van der Waals surface area contributed by atoms with Crippen molar-refractivity contribution in [1.29, 1.82) is 0 Å². The highest BCUT2D eigenvalue weighted by molar-refractivity contribution is 5.83. The lowest BCUT2D eigenvalue weighted by Crippen LogP contribution is -2.15. The molecule has 0 aliphatic heterocycles. The van der Waals surface area contributed by atoms with Gasteiger partial charge < -0.3 is 4.57 Å². The van der Waals surface area contributed by atoms with Gasteiger partial charge in [-0.1, -0.05) is 24.3 Å². The van der Waals surface area contributed by atoms with Crippen molar-refractivity contribution in [2.45, 2.75) is 32.7 Å². The van der Waals surface area contributed by atoms with E-state index in [1.807, 2.05) is 12.3 Å².